The standard InChI is InChI=1S/C12H25NO3/c1-4-10(12(15,16)5-2)11(3,14)13-8-6-7-9-13/h10,14-16H,4-9H2,1-3H3/t10-,11-/m0/s1. The van der Waals surface area contributed by atoms with Gasteiger partial charge in [0.1, 0.15) is 5.72 Å². The van der Waals surface area contributed by atoms with Crippen LogP contribution in [0, 0.1) is 5.92 Å². The molecular formula is C12H25NO3. The molecule has 16 heavy (non-hydrogen) atoms. The summed E-state index contributed by atoms with van der Waals surface area (Å²) in [5, 5.41) is 30.4. The normalized spacial score (nSPS) is 24.4. The second-order valence-electron chi connectivity index (χ2n) is 4.98. The number of likely N-dealkylation sites (tertiary alicyclic amines) is 1. The Morgan fingerprint density at radius 2 is 1.62 bits per heavy atom. The second-order valence-corrected chi connectivity index (χ2v) is 4.98. The molecule has 0 amide bonds. The van der Waals surface area contributed by atoms with Crippen LogP contribution in [0.4, 0.5) is 0 Å². The summed E-state index contributed by atoms with van der Waals surface area (Å²) in [4.78, 5) is 1.96. The monoisotopic (exact) mass is 231 g/mol. The lowest BCUT2D eigenvalue weighted by molar-refractivity contribution is -0.271. The molecule has 4 heteroatoms. The van der Waals surface area contributed by atoms with E-state index in [9.17, 15) is 15.3 Å². The van der Waals surface area contributed by atoms with Crippen molar-refractivity contribution in [3.05, 3.63) is 0 Å². The molecule has 0 bridgehead atoms. The van der Waals surface area contributed by atoms with Crippen molar-refractivity contribution in [3.63, 3.8) is 0 Å². The summed E-state index contributed by atoms with van der Waals surface area (Å²) in [6.07, 6.45) is 2.92. The highest BCUT2D eigenvalue weighted by Gasteiger charge is 2.47. The Labute approximate surface area is 97.9 Å². The summed E-state index contributed by atoms with van der Waals surface area (Å²) >= 11 is 0. The fourth-order valence-corrected chi connectivity index (χ4v) is 2.79. The van der Waals surface area contributed by atoms with Gasteiger partial charge < -0.3 is 15.3 Å². The zero-order valence-corrected chi connectivity index (χ0v) is 10.6. The molecule has 4 nitrogen and oxygen atoms in total. The first kappa shape index (κ1) is 13.9. The van der Waals surface area contributed by atoms with Crippen LogP contribution in [-0.4, -0.2) is 44.8 Å². The van der Waals surface area contributed by atoms with Crippen molar-refractivity contribution < 1.29 is 15.3 Å². The minimum atomic E-state index is -1.79. The van der Waals surface area contributed by atoms with Gasteiger partial charge in [-0.05, 0) is 32.6 Å². The summed E-state index contributed by atoms with van der Waals surface area (Å²) < 4.78 is 0. The van der Waals surface area contributed by atoms with E-state index < -0.39 is 17.4 Å². The maximum atomic E-state index is 10.5. The van der Waals surface area contributed by atoms with E-state index in [1.54, 1.807) is 13.8 Å². The maximum absolute atomic E-state index is 10.5. The van der Waals surface area contributed by atoms with Crippen LogP contribution in [0.1, 0.15) is 46.5 Å². The van der Waals surface area contributed by atoms with E-state index in [1.165, 1.54) is 0 Å². The SMILES string of the molecule is CC[C@H](C(O)(O)CC)[C@](C)(O)N1CCCC1. The average molecular weight is 231 g/mol. The number of aliphatic hydroxyl groups is 3. The molecule has 0 spiro atoms. The van der Waals surface area contributed by atoms with Gasteiger partial charge in [-0.1, -0.05) is 13.8 Å². The van der Waals surface area contributed by atoms with Crippen molar-refractivity contribution >= 4 is 0 Å². The Balaban J connectivity index is 2.84. The van der Waals surface area contributed by atoms with Crippen LogP contribution >= 0.6 is 0 Å². The molecule has 1 saturated heterocycles. The minimum Gasteiger partial charge on any atom is -0.375 e. The molecule has 0 aromatic heterocycles. The highest BCUT2D eigenvalue weighted by Crippen LogP contribution is 2.35. The van der Waals surface area contributed by atoms with Crippen LogP contribution in [-0.2, 0) is 0 Å². The molecule has 1 heterocycles. The average Bonchev–Trinajstić information content (AvgIpc) is 2.71. The second kappa shape index (κ2) is 5.00. The van der Waals surface area contributed by atoms with Crippen molar-refractivity contribution in [2.75, 3.05) is 13.1 Å². The van der Waals surface area contributed by atoms with Crippen LogP contribution in [0.15, 0.2) is 0 Å². The first-order chi connectivity index (χ1) is 7.36. The molecule has 0 aliphatic carbocycles. The molecule has 0 aromatic carbocycles. The molecule has 2 atom stereocenters. The van der Waals surface area contributed by atoms with Crippen molar-refractivity contribution in [1.29, 1.82) is 0 Å². The first-order valence-electron chi connectivity index (χ1n) is 6.28. The zero-order chi connectivity index (χ0) is 12.4. The van der Waals surface area contributed by atoms with Crippen molar-refractivity contribution in [3.8, 4) is 0 Å². The quantitative estimate of drug-likeness (QED) is 0.615. The molecule has 1 fully saturated rings. The van der Waals surface area contributed by atoms with Gasteiger partial charge >= 0.3 is 0 Å². The third kappa shape index (κ3) is 2.56. The summed E-state index contributed by atoms with van der Waals surface area (Å²) in [5.74, 6) is -2.33. The lowest BCUT2D eigenvalue weighted by atomic mass is 9.83. The summed E-state index contributed by atoms with van der Waals surface area (Å²) in [6, 6.07) is 0. The minimum absolute atomic E-state index is 0.232. The van der Waals surface area contributed by atoms with Gasteiger partial charge in [0.25, 0.3) is 0 Å². The van der Waals surface area contributed by atoms with E-state index in [2.05, 4.69) is 0 Å². The third-order valence-corrected chi connectivity index (χ3v) is 3.89. The lowest BCUT2D eigenvalue weighted by Gasteiger charge is -2.45. The van der Waals surface area contributed by atoms with Crippen molar-refractivity contribution in [2.24, 2.45) is 5.92 Å². The highest BCUT2D eigenvalue weighted by atomic mass is 16.5. The maximum Gasteiger partial charge on any atom is 0.169 e. The van der Waals surface area contributed by atoms with E-state index in [4.69, 9.17) is 0 Å². The third-order valence-electron chi connectivity index (χ3n) is 3.89. The molecule has 0 saturated carbocycles. The van der Waals surface area contributed by atoms with E-state index in [1.807, 2.05) is 11.8 Å². The van der Waals surface area contributed by atoms with Crippen molar-refractivity contribution in [1.82, 2.24) is 4.90 Å². The topological polar surface area (TPSA) is 63.9 Å². The van der Waals surface area contributed by atoms with Crippen LogP contribution in [0.5, 0.6) is 0 Å². The Morgan fingerprint density at radius 1 is 1.12 bits per heavy atom. The molecule has 3 N–H and O–H groups in total. The fourth-order valence-electron chi connectivity index (χ4n) is 2.79. The molecule has 0 aromatic rings. The van der Waals surface area contributed by atoms with Crippen molar-refractivity contribution in [2.45, 2.75) is 58.0 Å². The van der Waals surface area contributed by atoms with E-state index in [0.717, 1.165) is 25.9 Å². The van der Waals surface area contributed by atoms with Gasteiger partial charge in [0.15, 0.2) is 5.79 Å². The van der Waals surface area contributed by atoms with E-state index >= 15 is 0 Å². The Kier molecular flexibility index (Phi) is 4.35. The predicted octanol–water partition coefficient (Wildman–Crippen LogP) is 0.908. The first-order valence-corrected chi connectivity index (χ1v) is 6.28. The molecule has 96 valence electrons. The zero-order valence-electron chi connectivity index (χ0n) is 10.6. The highest BCUT2D eigenvalue weighted by molar-refractivity contribution is 4.91. The van der Waals surface area contributed by atoms with Gasteiger partial charge in [0.05, 0.1) is 5.92 Å². The van der Waals surface area contributed by atoms with Gasteiger partial charge in [-0.2, -0.15) is 0 Å². The molecule has 0 unspecified atom stereocenters. The molecule has 0 radical (unpaired) electrons. The number of rotatable bonds is 5. The van der Waals surface area contributed by atoms with E-state index in [-0.39, 0.29) is 6.42 Å². The predicted molar refractivity (Wildman–Crippen MR) is 62.7 cm³/mol. The lowest BCUT2D eigenvalue weighted by Crippen LogP contribution is -2.58. The Hall–Kier alpha value is -0.160. The van der Waals surface area contributed by atoms with Gasteiger partial charge in [-0.3, -0.25) is 4.90 Å². The largest absolute Gasteiger partial charge is 0.375 e. The molecule has 1 aliphatic heterocycles. The van der Waals surface area contributed by atoms with Gasteiger partial charge in [0, 0.05) is 13.1 Å². The fraction of sp³-hybridized carbons (Fsp3) is 1.00. The van der Waals surface area contributed by atoms with E-state index in [0.29, 0.717) is 6.42 Å². The molecule has 1 aliphatic rings. The van der Waals surface area contributed by atoms with Crippen LogP contribution < -0.4 is 0 Å². The summed E-state index contributed by atoms with van der Waals surface area (Å²) in [6.45, 7) is 6.98. The Bertz CT molecular complexity index is 222. The number of nitrogens with zero attached hydrogens (tertiary/aromatic N) is 1. The Morgan fingerprint density at radius 3 is 2.00 bits per heavy atom. The molecule has 1 rings (SSSR count). The summed E-state index contributed by atoms with van der Waals surface area (Å²) in [7, 11) is 0. The van der Waals surface area contributed by atoms with Crippen LogP contribution in [0.2, 0.25) is 0 Å². The number of hydrogen-bond acceptors (Lipinski definition) is 4. The number of hydrogen-bond donors (Lipinski definition) is 3. The smallest absolute Gasteiger partial charge is 0.169 e. The van der Waals surface area contributed by atoms with Gasteiger partial charge in [-0.25, -0.2) is 0 Å². The van der Waals surface area contributed by atoms with Gasteiger partial charge in [-0.15, -0.1) is 0 Å². The van der Waals surface area contributed by atoms with Crippen LogP contribution in [0.3, 0.4) is 0 Å². The summed E-state index contributed by atoms with van der Waals surface area (Å²) in [5.41, 5.74) is -1.13. The van der Waals surface area contributed by atoms with Gasteiger partial charge in [0.2, 0.25) is 0 Å². The molecular weight excluding hydrogens is 206 g/mol. The van der Waals surface area contributed by atoms with Crippen LogP contribution in [0.25, 0.3) is 0 Å².